The van der Waals surface area contributed by atoms with Crippen LogP contribution in [-0.4, -0.2) is 10.2 Å². The molecule has 120 valence electrons. The molecule has 0 atom stereocenters. The second-order valence-electron chi connectivity index (χ2n) is 7.29. The Morgan fingerprint density at radius 1 is 0.346 bits per heavy atom. The minimum atomic E-state index is 0.134. The average molecular weight is 332 g/mol. The first-order valence-electron chi connectivity index (χ1n) is 8.74. The van der Waals surface area contributed by atoms with Crippen LogP contribution in [0.1, 0.15) is 0 Å². The second-order valence-corrected chi connectivity index (χ2v) is 7.29. The number of hydrogen-bond donors (Lipinski definition) is 2. The summed E-state index contributed by atoms with van der Waals surface area (Å²) >= 11 is 0. The van der Waals surface area contributed by atoms with Gasteiger partial charge in [-0.25, -0.2) is 0 Å². The molecule has 2 nitrogen and oxygen atoms in total. The minimum Gasteiger partial charge on any atom is -0.507 e. The molecule has 2 heteroatoms. The summed E-state index contributed by atoms with van der Waals surface area (Å²) in [6.45, 7) is 0. The summed E-state index contributed by atoms with van der Waals surface area (Å²) in [4.78, 5) is 0. The highest BCUT2D eigenvalue weighted by atomic mass is 16.3. The molecule has 7 rings (SSSR count). The monoisotopic (exact) mass is 332 g/mol. The van der Waals surface area contributed by atoms with Crippen LogP contribution in [0.5, 0.6) is 11.5 Å². The van der Waals surface area contributed by atoms with Gasteiger partial charge in [-0.15, -0.1) is 0 Å². The zero-order valence-corrected chi connectivity index (χ0v) is 13.7. The molecule has 2 N–H and O–H groups in total. The van der Waals surface area contributed by atoms with E-state index in [1.165, 1.54) is 32.3 Å². The van der Waals surface area contributed by atoms with Gasteiger partial charge in [0.2, 0.25) is 0 Å². The highest BCUT2D eigenvalue weighted by molar-refractivity contribution is 6.45. The lowest BCUT2D eigenvalue weighted by Crippen LogP contribution is -1.92. The van der Waals surface area contributed by atoms with Crippen molar-refractivity contribution in [3.8, 4) is 11.5 Å². The lowest BCUT2D eigenvalue weighted by Gasteiger charge is -2.21. The highest BCUT2D eigenvalue weighted by Gasteiger charge is 2.22. The van der Waals surface area contributed by atoms with E-state index in [1.807, 2.05) is 0 Å². The molecule has 0 saturated carbocycles. The van der Waals surface area contributed by atoms with Crippen LogP contribution < -0.4 is 0 Å². The van der Waals surface area contributed by atoms with E-state index < -0.39 is 0 Å². The molecule has 26 heavy (non-hydrogen) atoms. The largest absolute Gasteiger partial charge is 0.507 e. The van der Waals surface area contributed by atoms with Gasteiger partial charge in [0.1, 0.15) is 11.5 Å². The fourth-order valence-electron chi connectivity index (χ4n) is 5.06. The van der Waals surface area contributed by atoms with E-state index >= 15 is 0 Å². The van der Waals surface area contributed by atoms with Crippen LogP contribution >= 0.6 is 0 Å². The smallest absolute Gasteiger partial charge is 0.127 e. The quantitative estimate of drug-likeness (QED) is 0.252. The van der Waals surface area contributed by atoms with E-state index in [4.69, 9.17) is 0 Å². The molecule has 0 bridgehead atoms. The van der Waals surface area contributed by atoms with Gasteiger partial charge in [0.05, 0.1) is 5.39 Å². The van der Waals surface area contributed by atoms with Gasteiger partial charge >= 0.3 is 0 Å². The van der Waals surface area contributed by atoms with Crippen LogP contribution in [0, 0.1) is 0 Å². The maximum atomic E-state index is 10.7. The van der Waals surface area contributed by atoms with E-state index in [9.17, 15) is 10.2 Å². The Labute approximate surface area is 147 Å². The number of benzene rings is 7. The predicted octanol–water partition coefficient (Wildman–Crippen LogP) is 6.33. The van der Waals surface area contributed by atoms with E-state index in [-0.39, 0.29) is 11.5 Å². The van der Waals surface area contributed by atoms with Gasteiger partial charge < -0.3 is 10.2 Å². The predicted molar refractivity (Wildman–Crippen MR) is 108 cm³/mol. The highest BCUT2D eigenvalue weighted by Crippen LogP contribution is 2.51. The van der Waals surface area contributed by atoms with Crippen molar-refractivity contribution in [2.24, 2.45) is 0 Å². The van der Waals surface area contributed by atoms with E-state index in [0.29, 0.717) is 5.39 Å². The van der Waals surface area contributed by atoms with E-state index in [1.54, 1.807) is 12.1 Å². The topological polar surface area (TPSA) is 40.5 Å². The van der Waals surface area contributed by atoms with Gasteiger partial charge in [0.25, 0.3) is 0 Å². The van der Waals surface area contributed by atoms with Crippen molar-refractivity contribution in [1.82, 2.24) is 0 Å². The Kier molecular flexibility index (Phi) is 1.89. The van der Waals surface area contributed by atoms with Crippen LogP contribution in [0.4, 0.5) is 0 Å². The van der Waals surface area contributed by atoms with Crippen molar-refractivity contribution in [1.29, 1.82) is 0 Å². The van der Waals surface area contributed by atoms with Crippen molar-refractivity contribution in [3.63, 3.8) is 0 Å². The molecular weight excluding hydrogens is 320 g/mol. The molecule has 0 heterocycles. The third kappa shape index (κ3) is 1.20. The summed E-state index contributed by atoms with van der Waals surface area (Å²) in [7, 11) is 0. The van der Waals surface area contributed by atoms with Crippen molar-refractivity contribution >= 4 is 64.6 Å². The third-order valence-corrected chi connectivity index (χ3v) is 6.06. The van der Waals surface area contributed by atoms with Crippen molar-refractivity contribution < 1.29 is 10.2 Å². The summed E-state index contributed by atoms with van der Waals surface area (Å²) in [5.74, 6) is 0.268. The first-order valence-corrected chi connectivity index (χ1v) is 8.74. The first kappa shape index (κ1) is 12.8. The summed E-state index contributed by atoms with van der Waals surface area (Å²) < 4.78 is 0. The number of hydrogen-bond acceptors (Lipinski definition) is 2. The molecule has 0 spiro atoms. The van der Waals surface area contributed by atoms with Gasteiger partial charge in [-0.05, 0) is 66.0 Å². The molecule has 0 aromatic heterocycles. The Morgan fingerprint density at radius 3 is 1.04 bits per heavy atom. The zero-order chi connectivity index (χ0) is 17.2. The normalized spacial score (nSPS) is 12.9. The molecule has 7 aromatic carbocycles. The molecular formula is C24H12O2. The summed E-state index contributed by atoms with van der Waals surface area (Å²) in [5, 5.41) is 34.5. The molecule has 0 aliphatic rings. The maximum Gasteiger partial charge on any atom is 0.127 e. The van der Waals surface area contributed by atoms with Crippen molar-refractivity contribution in [2.75, 3.05) is 0 Å². The second kappa shape index (κ2) is 3.83. The number of rotatable bonds is 0. The van der Waals surface area contributed by atoms with Crippen LogP contribution in [-0.2, 0) is 0 Å². The number of aromatic hydroxyl groups is 2. The van der Waals surface area contributed by atoms with Crippen molar-refractivity contribution in [2.45, 2.75) is 0 Å². The molecule has 0 amide bonds. The van der Waals surface area contributed by atoms with E-state index in [0.717, 1.165) is 26.9 Å². The van der Waals surface area contributed by atoms with Gasteiger partial charge in [0, 0.05) is 5.39 Å². The number of phenolic OH excluding ortho intramolecular Hbond substituents is 2. The van der Waals surface area contributed by atoms with Gasteiger partial charge in [-0.1, -0.05) is 48.5 Å². The Hall–Kier alpha value is -3.52. The zero-order valence-electron chi connectivity index (χ0n) is 13.7. The Bertz CT molecular complexity index is 1530. The Morgan fingerprint density at radius 2 is 0.654 bits per heavy atom. The summed E-state index contributed by atoms with van der Waals surface area (Å²) in [6.07, 6.45) is 0. The summed E-state index contributed by atoms with van der Waals surface area (Å²) in [5.41, 5.74) is 0. The molecule has 0 radical (unpaired) electrons. The van der Waals surface area contributed by atoms with Gasteiger partial charge in [0.15, 0.2) is 0 Å². The molecule has 7 aromatic rings. The summed E-state index contributed by atoms with van der Waals surface area (Å²) in [6, 6.07) is 20.6. The lowest BCUT2D eigenvalue weighted by molar-refractivity contribution is 0.465. The van der Waals surface area contributed by atoms with Crippen LogP contribution in [0.2, 0.25) is 0 Å². The van der Waals surface area contributed by atoms with Crippen LogP contribution in [0.3, 0.4) is 0 Å². The van der Waals surface area contributed by atoms with E-state index in [2.05, 4.69) is 48.5 Å². The van der Waals surface area contributed by atoms with Gasteiger partial charge in [-0.2, -0.15) is 0 Å². The molecule has 0 saturated heterocycles. The van der Waals surface area contributed by atoms with Gasteiger partial charge in [-0.3, -0.25) is 0 Å². The van der Waals surface area contributed by atoms with Crippen molar-refractivity contribution in [3.05, 3.63) is 60.7 Å². The molecule has 0 unspecified atom stereocenters. The lowest BCUT2D eigenvalue weighted by atomic mass is 9.82. The molecule has 0 aliphatic carbocycles. The fraction of sp³-hybridized carbons (Fsp3) is 0. The average Bonchev–Trinajstić information content (AvgIpc) is 2.66. The standard InChI is InChI=1S/C24H12O2/c25-16-9-14-7-5-12-3-1-11-2-4-13-6-8-15-10-17(26)23(16)24-21(14)19(12)18(11)20(13)22(15)24/h1-10,25-26H. The third-order valence-electron chi connectivity index (χ3n) is 6.06. The minimum absolute atomic E-state index is 0.134. The van der Waals surface area contributed by atoms with Crippen LogP contribution in [0.15, 0.2) is 60.7 Å². The maximum absolute atomic E-state index is 10.7. The Balaban J connectivity index is 2.09. The SMILES string of the molecule is Oc1cc2ccc3ccc4ccc5ccc6cc(O)c1c1c2c3c4c5c61. The van der Waals surface area contributed by atoms with Crippen LogP contribution in [0.25, 0.3) is 64.6 Å². The number of phenols is 2. The molecule has 0 aliphatic heterocycles. The first-order chi connectivity index (χ1) is 12.7. The molecule has 0 fully saturated rings. The fourth-order valence-corrected chi connectivity index (χ4v) is 5.06.